The van der Waals surface area contributed by atoms with Crippen LogP contribution in [0.15, 0.2) is 22.7 Å². The lowest BCUT2D eigenvalue weighted by Gasteiger charge is -2.25. The molecule has 0 amide bonds. The van der Waals surface area contributed by atoms with Crippen molar-refractivity contribution in [2.45, 2.75) is 6.42 Å². The highest BCUT2D eigenvalue weighted by atomic mass is 79.9. The molecule has 0 radical (unpaired) electrons. The van der Waals surface area contributed by atoms with Gasteiger partial charge in [-0.1, -0.05) is 6.07 Å². The topological polar surface area (TPSA) is 56.4 Å². The Kier molecular flexibility index (Phi) is 4.47. The Balaban J connectivity index is 2.17. The first-order chi connectivity index (χ1) is 8.99. The zero-order valence-corrected chi connectivity index (χ0v) is 13.1. The van der Waals surface area contributed by atoms with Crippen molar-refractivity contribution < 1.29 is 0 Å². The number of hydrogen-bond acceptors (Lipinski definition) is 3. The van der Waals surface area contributed by atoms with Gasteiger partial charge in [0.05, 0.1) is 5.56 Å². The molecule has 1 aliphatic heterocycles. The standard InChI is InChI=1S/C14H21BrN4/c1-18-7-6-10(8-18)9-19(2)12-5-3-4-11(15)13(12)14(16)17/h3-5,10H,6-9H2,1-2H3,(H3,16,17). The van der Waals surface area contributed by atoms with E-state index in [4.69, 9.17) is 11.1 Å². The lowest BCUT2D eigenvalue weighted by Crippen LogP contribution is -2.29. The summed E-state index contributed by atoms with van der Waals surface area (Å²) in [6.07, 6.45) is 1.24. The summed E-state index contributed by atoms with van der Waals surface area (Å²) in [5.74, 6) is 0.798. The van der Waals surface area contributed by atoms with Gasteiger partial charge in [-0.3, -0.25) is 5.41 Å². The van der Waals surface area contributed by atoms with Crippen LogP contribution in [0.2, 0.25) is 0 Å². The number of nitrogens with two attached hydrogens (primary N) is 1. The number of rotatable bonds is 4. The first-order valence-electron chi connectivity index (χ1n) is 6.51. The van der Waals surface area contributed by atoms with Gasteiger partial charge in [-0.2, -0.15) is 0 Å². The second kappa shape index (κ2) is 5.92. The summed E-state index contributed by atoms with van der Waals surface area (Å²) in [7, 11) is 4.24. The maximum absolute atomic E-state index is 7.74. The second-order valence-electron chi connectivity index (χ2n) is 5.35. The molecule has 0 spiro atoms. The van der Waals surface area contributed by atoms with Gasteiger partial charge in [0.25, 0.3) is 0 Å². The Morgan fingerprint density at radius 3 is 2.89 bits per heavy atom. The third-order valence-electron chi connectivity index (χ3n) is 3.69. The van der Waals surface area contributed by atoms with E-state index in [9.17, 15) is 0 Å². The molecule has 2 rings (SSSR count). The molecule has 1 aliphatic rings. The molecule has 0 aliphatic carbocycles. The largest absolute Gasteiger partial charge is 0.384 e. The summed E-state index contributed by atoms with van der Waals surface area (Å²) in [5, 5.41) is 7.74. The number of amidine groups is 1. The van der Waals surface area contributed by atoms with Gasteiger partial charge in [-0.25, -0.2) is 0 Å². The molecule has 1 heterocycles. The van der Waals surface area contributed by atoms with Crippen LogP contribution in [0, 0.1) is 11.3 Å². The van der Waals surface area contributed by atoms with Crippen molar-refractivity contribution in [3.63, 3.8) is 0 Å². The van der Waals surface area contributed by atoms with E-state index < -0.39 is 0 Å². The number of nitrogen functional groups attached to an aromatic ring is 1. The molecular formula is C14H21BrN4. The number of nitrogens with one attached hydrogen (secondary N) is 1. The molecule has 1 atom stereocenters. The van der Waals surface area contributed by atoms with Gasteiger partial charge in [0.2, 0.25) is 0 Å². The lowest BCUT2D eigenvalue weighted by atomic mass is 10.1. The predicted octanol–water partition coefficient (Wildman–Crippen LogP) is 2.12. The van der Waals surface area contributed by atoms with E-state index in [0.717, 1.165) is 28.8 Å². The Bertz CT molecular complexity index is 475. The molecule has 1 unspecified atom stereocenters. The average molecular weight is 325 g/mol. The SMILES string of the molecule is CN1CCC(CN(C)c2cccc(Br)c2C(=N)N)C1. The molecule has 1 aromatic rings. The number of halogens is 1. The molecule has 104 valence electrons. The van der Waals surface area contributed by atoms with Crippen LogP contribution >= 0.6 is 15.9 Å². The molecule has 5 heteroatoms. The smallest absolute Gasteiger partial charge is 0.126 e. The second-order valence-corrected chi connectivity index (χ2v) is 6.20. The third kappa shape index (κ3) is 3.28. The fourth-order valence-corrected chi connectivity index (χ4v) is 3.33. The lowest BCUT2D eigenvalue weighted by molar-refractivity contribution is 0.396. The third-order valence-corrected chi connectivity index (χ3v) is 4.35. The maximum Gasteiger partial charge on any atom is 0.126 e. The average Bonchev–Trinajstić information content (AvgIpc) is 2.73. The zero-order chi connectivity index (χ0) is 14.0. The van der Waals surface area contributed by atoms with Crippen molar-refractivity contribution in [2.24, 2.45) is 11.7 Å². The highest BCUT2D eigenvalue weighted by Crippen LogP contribution is 2.28. The molecule has 1 aromatic carbocycles. The van der Waals surface area contributed by atoms with Crippen LogP contribution in [0.25, 0.3) is 0 Å². The van der Waals surface area contributed by atoms with E-state index in [1.165, 1.54) is 13.0 Å². The first-order valence-corrected chi connectivity index (χ1v) is 7.31. The molecule has 3 N–H and O–H groups in total. The summed E-state index contributed by atoms with van der Waals surface area (Å²) >= 11 is 3.48. The van der Waals surface area contributed by atoms with Gasteiger partial charge in [-0.05, 0) is 54.0 Å². The van der Waals surface area contributed by atoms with Crippen molar-refractivity contribution in [1.82, 2.24) is 4.90 Å². The van der Waals surface area contributed by atoms with E-state index in [-0.39, 0.29) is 5.84 Å². The van der Waals surface area contributed by atoms with Crippen molar-refractivity contribution in [2.75, 3.05) is 38.6 Å². The zero-order valence-electron chi connectivity index (χ0n) is 11.5. The Morgan fingerprint density at radius 1 is 1.58 bits per heavy atom. The summed E-state index contributed by atoms with van der Waals surface area (Å²) in [6, 6.07) is 5.95. The van der Waals surface area contributed by atoms with E-state index in [2.05, 4.69) is 39.8 Å². The van der Waals surface area contributed by atoms with Gasteiger partial charge >= 0.3 is 0 Å². The van der Waals surface area contributed by atoms with Gasteiger partial charge in [-0.15, -0.1) is 0 Å². The van der Waals surface area contributed by atoms with Gasteiger partial charge in [0.15, 0.2) is 0 Å². The first kappa shape index (κ1) is 14.3. The van der Waals surface area contributed by atoms with Gasteiger partial charge < -0.3 is 15.5 Å². The van der Waals surface area contributed by atoms with E-state index in [1.807, 2.05) is 18.2 Å². The normalized spacial score (nSPS) is 19.6. The van der Waals surface area contributed by atoms with Crippen LogP contribution in [0.5, 0.6) is 0 Å². The summed E-state index contributed by atoms with van der Waals surface area (Å²) < 4.78 is 0.882. The van der Waals surface area contributed by atoms with Crippen LogP contribution in [0.3, 0.4) is 0 Å². The fraction of sp³-hybridized carbons (Fsp3) is 0.500. The molecule has 4 nitrogen and oxygen atoms in total. The van der Waals surface area contributed by atoms with Crippen molar-refractivity contribution >= 4 is 27.5 Å². The Morgan fingerprint density at radius 2 is 2.32 bits per heavy atom. The minimum absolute atomic E-state index is 0.109. The fourth-order valence-electron chi connectivity index (χ4n) is 2.76. The highest BCUT2D eigenvalue weighted by Gasteiger charge is 2.22. The van der Waals surface area contributed by atoms with Crippen molar-refractivity contribution in [3.8, 4) is 0 Å². The van der Waals surface area contributed by atoms with Crippen molar-refractivity contribution in [1.29, 1.82) is 5.41 Å². The van der Waals surface area contributed by atoms with E-state index in [0.29, 0.717) is 5.92 Å². The molecule has 19 heavy (non-hydrogen) atoms. The van der Waals surface area contributed by atoms with Crippen LogP contribution in [0.1, 0.15) is 12.0 Å². The summed E-state index contributed by atoms with van der Waals surface area (Å²) in [6.45, 7) is 3.32. The van der Waals surface area contributed by atoms with Crippen LogP contribution in [0.4, 0.5) is 5.69 Å². The summed E-state index contributed by atoms with van der Waals surface area (Å²) in [4.78, 5) is 4.58. The quantitative estimate of drug-likeness (QED) is 0.659. The Hall–Kier alpha value is -1.07. The minimum Gasteiger partial charge on any atom is -0.384 e. The van der Waals surface area contributed by atoms with Crippen LogP contribution in [-0.4, -0.2) is 44.5 Å². The van der Waals surface area contributed by atoms with Gasteiger partial charge in [0, 0.05) is 30.3 Å². The maximum atomic E-state index is 7.74. The number of anilines is 1. The van der Waals surface area contributed by atoms with Crippen molar-refractivity contribution in [3.05, 3.63) is 28.2 Å². The predicted molar refractivity (Wildman–Crippen MR) is 84.0 cm³/mol. The highest BCUT2D eigenvalue weighted by molar-refractivity contribution is 9.10. The van der Waals surface area contributed by atoms with Crippen LogP contribution < -0.4 is 10.6 Å². The van der Waals surface area contributed by atoms with Crippen LogP contribution in [-0.2, 0) is 0 Å². The molecular weight excluding hydrogens is 304 g/mol. The minimum atomic E-state index is 0.109. The molecule has 0 bridgehead atoms. The van der Waals surface area contributed by atoms with E-state index in [1.54, 1.807) is 0 Å². The number of nitrogens with zero attached hydrogens (tertiary/aromatic N) is 2. The van der Waals surface area contributed by atoms with E-state index >= 15 is 0 Å². The molecule has 0 saturated carbocycles. The molecule has 1 fully saturated rings. The number of benzene rings is 1. The Labute approximate surface area is 123 Å². The molecule has 1 saturated heterocycles. The monoisotopic (exact) mass is 324 g/mol. The summed E-state index contributed by atoms with van der Waals surface area (Å²) in [5.41, 5.74) is 7.51. The number of likely N-dealkylation sites (tertiary alicyclic amines) is 1. The number of hydrogen-bond donors (Lipinski definition) is 2. The van der Waals surface area contributed by atoms with Gasteiger partial charge in [0.1, 0.15) is 5.84 Å². The molecule has 0 aromatic heterocycles.